The third kappa shape index (κ3) is 2.46. The number of benzene rings is 1. The van der Waals surface area contributed by atoms with E-state index in [0.29, 0.717) is 12.2 Å². The average molecular weight is 190 g/mol. The Morgan fingerprint density at radius 2 is 2.14 bits per heavy atom. The van der Waals surface area contributed by atoms with Gasteiger partial charge in [-0.05, 0) is 25.5 Å². The van der Waals surface area contributed by atoms with E-state index in [4.69, 9.17) is 4.74 Å². The van der Waals surface area contributed by atoms with Crippen LogP contribution in [0, 0.1) is 0 Å². The molecule has 0 radical (unpaired) electrons. The van der Waals surface area contributed by atoms with Gasteiger partial charge in [-0.2, -0.15) is 0 Å². The summed E-state index contributed by atoms with van der Waals surface area (Å²) in [5.74, 6) is -0.263. The van der Waals surface area contributed by atoms with Crippen LogP contribution in [0.2, 0.25) is 0 Å². The van der Waals surface area contributed by atoms with E-state index in [1.54, 1.807) is 13.0 Å². The molecule has 2 heteroatoms. The third-order valence-corrected chi connectivity index (χ3v) is 1.80. The highest BCUT2D eigenvalue weighted by atomic mass is 16.5. The predicted molar refractivity (Wildman–Crippen MR) is 57.1 cm³/mol. The third-order valence-electron chi connectivity index (χ3n) is 1.80. The summed E-state index contributed by atoms with van der Waals surface area (Å²) in [6.07, 6.45) is 3.80. The number of carbonyl (C=O) groups excluding carboxylic acids is 1. The first-order chi connectivity index (χ1) is 6.79. The molecule has 0 fully saturated rings. The fraction of sp³-hybridized carbons (Fsp3) is 0.250. The van der Waals surface area contributed by atoms with E-state index in [9.17, 15) is 4.79 Å². The summed E-state index contributed by atoms with van der Waals surface area (Å²) in [6, 6.07) is 7.40. The van der Waals surface area contributed by atoms with Gasteiger partial charge in [0.2, 0.25) is 0 Å². The maximum atomic E-state index is 11.5. The fourth-order valence-electron chi connectivity index (χ4n) is 1.22. The van der Waals surface area contributed by atoms with Crippen LogP contribution in [0.3, 0.4) is 0 Å². The molecule has 2 nitrogen and oxygen atoms in total. The maximum Gasteiger partial charge on any atom is 0.338 e. The largest absolute Gasteiger partial charge is 0.462 e. The molecule has 0 heterocycles. The Bertz CT molecular complexity index is 340. The summed E-state index contributed by atoms with van der Waals surface area (Å²) in [6.45, 7) is 4.13. The number of esters is 1. The monoisotopic (exact) mass is 190 g/mol. The van der Waals surface area contributed by atoms with Gasteiger partial charge in [-0.15, -0.1) is 0 Å². The SMILES string of the molecule is C/C=C\c1ccccc1C(=O)OCC. The van der Waals surface area contributed by atoms with Crippen molar-refractivity contribution in [1.29, 1.82) is 0 Å². The predicted octanol–water partition coefficient (Wildman–Crippen LogP) is 2.90. The van der Waals surface area contributed by atoms with Gasteiger partial charge in [-0.25, -0.2) is 4.79 Å². The molecule has 0 atom stereocenters. The summed E-state index contributed by atoms with van der Waals surface area (Å²) in [4.78, 5) is 11.5. The van der Waals surface area contributed by atoms with Crippen LogP contribution in [0.25, 0.3) is 6.08 Å². The number of ether oxygens (including phenoxy) is 1. The molecule has 1 aromatic rings. The Hall–Kier alpha value is -1.57. The van der Waals surface area contributed by atoms with Gasteiger partial charge >= 0.3 is 5.97 Å². The van der Waals surface area contributed by atoms with E-state index >= 15 is 0 Å². The van der Waals surface area contributed by atoms with Crippen molar-refractivity contribution in [2.75, 3.05) is 6.61 Å². The lowest BCUT2D eigenvalue weighted by atomic mass is 10.1. The first-order valence-electron chi connectivity index (χ1n) is 4.68. The molecule has 1 rings (SSSR count). The van der Waals surface area contributed by atoms with Crippen LogP contribution in [0.15, 0.2) is 30.3 Å². The molecule has 0 amide bonds. The number of carbonyl (C=O) groups is 1. The first kappa shape index (κ1) is 10.5. The summed E-state index contributed by atoms with van der Waals surface area (Å²) in [7, 11) is 0. The van der Waals surface area contributed by atoms with Crippen LogP contribution < -0.4 is 0 Å². The Morgan fingerprint density at radius 3 is 2.79 bits per heavy atom. The van der Waals surface area contributed by atoms with Crippen LogP contribution in [0.4, 0.5) is 0 Å². The zero-order valence-electron chi connectivity index (χ0n) is 8.49. The molecule has 0 saturated heterocycles. The lowest BCUT2D eigenvalue weighted by molar-refractivity contribution is 0.0526. The number of rotatable bonds is 3. The van der Waals surface area contributed by atoms with E-state index in [-0.39, 0.29) is 5.97 Å². The van der Waals surface area contributed by atoms with E-state index in [0.717, 1.165) is 5.56 Å². The van der Waals surface area contributed by atoms with Crippen LogP contribution >= 0.6 is 0 Å². The maximum absolute atomic E-state index is 11.5. The summed E-state index contributed by atoms with van der Waals surface area (Å²) in [5.41, 5.74) is 1.51. The lowest BCUT2D eigenvalue weighted by Crippen LogP contribution is -2.06. The molecule has 0 aliphatic carbocycles. The second-order valence-electron chi connectivity index (χ2n) is 2.81. The van der Waals surface area contributed by atoms with Gasteiger partial charge in [0, 0.05) is 0 Å². The molecule has 1 aromatic carbocycles. The highest BCUT2D eigenvalue weighted by Crippen LogP contribution is 2.11. The smallest absolute Gasteiger partial charge is 0.338 e. The summed E-state index contributed by atoms with van der Waals surface area (Å²) < 4.78 is 4.94. The molecule has 0 aromatic heterocycles. The van der Waals surface area contributed by atoms with E-state index in [1.165, 1.54) is 0 Å². The number of hydrogen-bond acceptors (Lipinski definition) is 2. The highest BCUT2D eigenvalue weighted by molar-refractivity contribution is 5.93. The lowest BCUT2D eigenvalue weighted by Gasteiger charge is -2.04. The van der Waals surface area contributed by atoms with Crippen molar-refractivity contribution in [3.8, 4) is 0 Å². The molecule has 0 unspecified atom stereocenters. The van der Waals surface area contributed by atoms with Crippen LogP contribution in [0.5, 0.6) is 0 Å². The van der Waals surface area contributed by atoms with Gasteiger partial charge in [0.05, 0.1) is 12.2 Å². The van der Waals surface area contributed by atoms with Gasteiger partial charge in [0.25, 0.3) is 0 Å². The van der Waals surface area contributed by atoms with Crippen molar-refractivity contribution in [1.82, 2.24) is 0 Å². The first-order valence-corrected chi connectivity index (χ1v) is 4.68. The quantitative estimate of drug-likeness (QED) is 0.685. The number of allylic oxidation sites excluding steroid dienone is 1. The van der Waals surface area contributed by atoms with E-state index in [2.05, 4.69) is 0 Å². The molecule has 0 saturated carbocycles. The van der Waals surface area contributed by atoms with Crippen molar-refractivity contribution >= 4 is 12.0 Å². The Balaban J connectivity index is 3.00. The summed E-state index contributed by atoms with van der Waals surface area (Å²) in [5, 5.41) is 0. The van der Waals surface area contributed by atoms with Crippen molar-refractivity contribution in [3.05, 3.63) is 41.5 Å². The minimum Gasteiger partial charge on any atom is -0.462 e. The molecule has 0 N–H and O–H groups in total. The Labute approximate surface area is 84.2 Å². The van der Waals surface area contributed by atoms with E-state index in [1.807, 2.05) is 37.3 Å². The Morgan fingerprint density at radius 1 is 1.43 bits per heavy atom. The molecule has 0 bridgehead atoms. The number of hydrogen-bond donors (Lipinski definition) is 0. The molecule has 14 heavy (non-hydrogen) atoms. The van der Waals surface area contributed by atoms with Gasteiger partial charge in [0.15, 0.2) is 0 Å². The van der Waals surface area contributed by atoms with Crippen LogP contribution in [-0.4, -0.2) is 12.6 Å². The molecular formula is C12H14O2. The highest BCUT2D eigenvalue weighted by Gasteiger charge is 2.08. The van der Waals surface area contributed by atoms with Gasteiger partial charge in [0.1, 0.15) is 0 Å². The Kier molecular flexibility index (Phi) is 3.92. The van der Waals surface area contributed by atoms with Gasteiger partial charge in [-0.1, -0.05) is 30.4 Å². The zero-order valence-corrected chi connectivity index (χ0v) is 8.49. The minimum absolute atomic E-state index is 0.263. The molecular weight excluding hydrogens is 176 g/mol. The molecule has 74 valence electrons. The molecule has 0 spiro atoms. The van der Waals surface area contributed by atoms with E-state index < -0.39 is 0 Å². The zero-order chi connectivity index (χ0) is 10.4. The second kappa shape index (κ2) is 5.22. The van der Waals surface area contributed by atoms with Crippen molar-refractivity contribution in [2.24, 2.45) is 0 Å². The van der Waals surface area contributed by atoms with Gasteiger partial charge in [-0.3, -0.25) is 0 Å². The van der Waals surface area contributed by atoms with Gasteiger partial charge < -0.3 is 4.74 Å². The van der Waals surface area contributed by atoms with Crippen molar-refractivity contribution in [2.45, 2.75) is 13.8 Å². The second-order valence-corrected chi connectivity index (χ2v) is 2.81. The van der Waals surface area contributed by atoms with Crippen LogP contribution in [-0.2, 0) is 4.74 Å². The average Bonchev–Trinajstić information content (AvgIpc) is 2.19. The fourth-order valence-corrected chi connectivity index (χ4v) is 1.22. The minimum atomic E-state index is -0.263. The van der Waals surface area contributed by atoms with Crippen LogP contribution in [0.1, 0.15) is 29.8 Å². The molecule has 0 aliphatic heterocycles. The summed E-state index contributed by atoms with van der Waals surface area (Å²) >= 11 is 0. The van der Waals surface area contributed by atoms with Crippen molar-refractivity contribution < 1.29 is 9.53 Å². The standard InChI is InChI=1S/C12H14O2/c1-3-7-10-8-5-6-9-11(10)12(13)14-4-2/h3,5-9H,4H2,1-2H3/b7-3-. The topological polar surface area (TPSA) is 26.3 Å². The normalized spacial score (nSPS) is 10.4. The molecule has 0 aliphatic rings. The van der Waals surface area contributed by atoms with Crippen molar-refractivity contribution in [3.63, 3.8) is 0 Å².